The SMILES string of the molecule is COc1ccc(CN(c2cccc(F)n2)S(=O)(=O)c2c(F)cc(N3CC[C@@H](N(C)C)C3)c(C)c2F)c(OC)c1. The van der Waals surface area contributed by atoms with E-state index in [-0.39, 0.29) is 23.2 Å². The van der Waals surface area contributed by atoms with Crippen molar-refractivity contribution in [1.82, 2.24) is 9.88 Å². The number of sulfonamides is 1. The molecular formula is C27H31F3N4O4S. The third-order valence-corrected chi connectivity index (χ3v) is 8.73. The number of pyridine rings is 1. The maximum Gasteiger partial charge on any atom is 0.271 e. The maximum absolute atomic E-state index is 15.8. The summed E-state index contributed by atoms with van der Waals surface area (Å²) in [6, 6.07) is 9.48. The third kappa shape index (κ3) is 5.62. The van der Waals surface area contributed by atoms with Crippen LogP contribution in [0.4, 0.5) is 24.7 Å². The quantitative estimate of drug-likeness (QED) is 0.358. The van der Waals surface area contributed by atoms with E-state index in [0.29, 0.717) is 34.4 Å². The Bertz CT molecular complexity index is 1470. The average molecular weight is 565 g/mol. The van der Waals surface area contributed by atoms with Gasteiger partial charge in [-0.2, -0.15) is 4.39 Å². The van der Waals surface area contributed by atoms with Gasteiger partial charge in [0.15, 0.2) is 10.7 Å². The molecule has 0 radical (unpaired) electrons. The first-order valence-corrected chi connectivity index (χ1v) is 13.7. The van der Waals surface area contributed by atoms with E-state index in [1.54, 1.807) is 12.1 Å². The van der Waals surface area contributed by atoms with E-state index in [1.807, 2.05) is 23.9 Å². The number of hydrogen-bond acceptors (Lipinski definition) is 7. The van der Waals surface area contributed by atoms with E-state index >= 15 is 8.78 Å². The predicted molar refractivity (Wildman–Crippen MR) is 143 cm³/mol. The van der Waals surface area contributed by atoms with Gasteiger partial charge in [0, 0.05) is 42.0 Å². The number of halogens is 3. The predicted octanol–water partition coefficient (Wildman–Crippen LogP) is 4.36. The second-order valence-corrected chi connectivity index (χ2v) is 11.3. The Balaban J connectivity index is 1.82. The summed E-state index contributed by atoms with van der Waals surface area (Å²) in [7, 11) is 1.80. The Kier molecular flexibility index (Phi) is 8.26. The van der Waals surface area contributed by atoms with Crippen molar-refractivity contribution in [2.45, 2.75) is 30.8 Å². The lowest BCUT2D eigenvalue weighted by Crippen LogP contribution is -2.34. The number of nitrogens with zero attached hydrogens (tertiary/aromatic N) is 4. The highest BCUT2D eigenvalue weighted by molar-refractivity contribution is 7.92. The summed E-state index contributed by atoms with van der Waals surface area (Å²) in [4.78, 5) is 6.44. The molecule has 0 aliphatic carbocycles. The molecule has 210 valence electrons. The summed E-state index contributed by atoms with van der Waals surface area (Å²) >= 11 is 0. The third-order valence-electron chi connectivity index (χ3n) is 6.94. The molecule has 1 saturated heterocycles. The maximum atomic E-state index is 15.8. The fourth-order valence-corrected chi connectivity index (χ4v) is 6.26. The Morgan fingerprint density at radius 3 is 2.44 bits per heavy atom. The van der Waals surface area contributed by atoms with Gasteiger partial charge in [-0.1, -0.05) is 6.07 Å². The summed E-state index contributed by atoms with van der Waals surface area (Å²) in [6.45, 7) is 2.10. The molecule has 2 aromatic carbocycles. The van der Waals surface area contributed by atoms with Crippen LogP contribution in [0.1, 0.15) is 17.5 Å². The number of likely N-dealkylation sites (N-methyl/N-ethyl adjacent to an activating group) is 1. The Morgan fingerprint density at radius 2 is 1.82 bits per heavy atom. The first kappa shape index (κ1) is 28.5. The molecule has 0 amide bonds. The van der Waals surface area contributed by atoms with Gasteiger partial charge in [-0.05, 0) is 57.8 Å². The fourth-order valence-electron chi connectivity index (χ4n) is 4.70. The molecule has 12 heteroatoms. The van der Waals surface area contributed by atoms with Gasteiger partial charge in [0.25, 0.3) is 10.0 Å². The van der Waals surface area contributed by atoms with Gasteiger partial charge in [-0.15, -0.1) is 0 Å². The van der Waals surface area contributed by atoms with Crippen LogP contribution in [0.15, 0.2) is 47.4 Å². The van der Waals surface area contributed by atoms with Gasteiger partial charge in [0.1, 0.15) is 23.1 Å². The normalized spacial score (nSPS) is 15.6. The fraction of sp³-hybridized carbons (Fsp3) is 0.370. The molecule has 0 unspecified atom stereocenters. The molecule has 1 atom stereocenters. The van der Waals surface area contributed by atoms with Crippen molar-refractivity contribution in [1.29, 1.82) is 0 Å². The molecule has 3 aromatic rings. The number of aromatic nitrogens is 1. The number of ether oxygens (including phenoxy) is 2. The van der Waals surface area contributed by atoms with Crippen molar-refractivity contribution in [3.05, 3.63) is 71.2 Å². The number of benzene rings is 2. The van der Waals surface area contributed by atoms with Gasteiger partial charge in [0.2, 0.25) is 5.95 Å². The second kappa shape index (κ2) is 11.3. The molecule has 0 bridgehead atoms. The Hall–Kier alpha value is -3.51. The van der Waals surface area contributed by atoms with Crippen molar-refractivity contribution in [3.63, 3.8) is 0 Å². The van der Waals surface area contributed by atoms with Crippen molar-refractivity contribution in [3.8, 4) is 11.5 Å². The molecule has 1 fully saturated rings. The van der Waals surface area contributed by atoms with E-state index in [1.165, 1.54) is 39.3 Å². The number of methoxy groups -OCH3 is 2. The molecule has 39 heavy (non-hydrogen) atoms. The zero-order chi connectivity index (χ0) is 28.5. The van der Waals surface area contributed by atoms with Gasteiger partial charge in [-0.3, -0.25) is 0 Å². The van der Waals surface area contributed by atoms with Crippen molar-refractivity contribution in [2.24, 2.45) is 0 Å². The molecule has 1 aromatic heterocycles. The van der Waals surface area contributed by atoms with E-state index in [9.17, 15) is 12.8 Å². The summed E-state index contributed by atoms with van der Waals surface area (Å²) in [5.74, 6) is -3.03. The van der Waals surface area contributed by atoms with Gasteiger partial charge >= 0.3 is 0 Å². The van der Waals surface area contributed by atoms with Crippen LogP contribution in [0.25, 0.3) is 0 Å². The lowest BCUT2D eigenvalue weighted by atomic mass is 10.1. The first-order valence-electron chi connectivity index (χ1n) is 12.2. The summed E-state index contributed by atoms with van der Waals surface area (Å²) in [5.41, 5.74) is 0.637. The largest absolute Gasteiger partial charge is 0.497 e. The zero-order valence-corrected chi connectivity index (χ0v) is 23.2. The topological polar surface area (TPSA) is 75.2 Å². The zero-order valence-electron chi connectivity index (χ0n) is 22.4. The van der Waals surface area contributed by atoms with E-state index < -0.39 is 39.0 Å². The Labute approximate surface area is 226 Å². The van der Waals surface area contributed by atoms with Crippen molar-refractivity contribution < 1.29 is 31.1 Å². The highest BCUT2D eigenvalue weighted by Crippen LogP contribution is 2.36. The van der Waals surface area contributed by atoms with Gasteiger partial charge < -0.3 is 19.3 Å². The molecule has 0 N–H and O–H groups in total. The highest BCUT2D eigenvalue weighted by Gasteiger charge is 2.36. The minimum atomic E-state index is -4.92. The summed E-state index contributed by atoms with van der Waals surface area (Å²) in [6.07, 6.45) is 0.804. The molecular weight excluding hydrogens is 533 g/mol. The van der Waals surface area contributed by atoms with Crippen LogP contribution in [0.2, 0.25) is 0 Å². The van der Waals surface area contributed by atoms with Crippen LogP contribution in [0.5, 0.6) is 11.5 Å². The van der Waals surface area contributed by atoms with Crippen LogP contribution < -0.4 is 18.7 Å². The van der Waals surface area contributed by atoms with E-state index in [2.05, 4.69) is 4.98 Å². The van der Waals surface area contributed by atoms with Crippen LogP contribution in [-0.4, -0.2) is 65.7 Å². The molecule has 0 spiro atoms. The number of rotatable bonds is 9. The smallest absolute Gasteiger partial charge is 0.271 e. The van der Waals surface area contributed by atoms with Crippen LogP contribution in [-0.2, 0) is 16.6 Å². The van der Waals surface area contributed by atoms with Gasteiger partial charge in [0.05, 0.1) is 20.8 Å². The van der Waals surface area contributed by atoms with Gasteiger partial charge in [-0.25, -0.2) is 26.5 Å². The Morgan fingerprint density at radius 1 is 1.08 bits per heavy atom. The van der Waals surface area contributed by atoms with Crippen LogP contribution in [0.3, 0.4) is 0 Å². The van der Waals surface area contributed by atoms with Crippen molar-refractivity contribution >= 4 is 21.5 Å². The highest BCUT2D eigenvalue weighted by atomic mass is 32.2. The van der Waals surface area contributed by atoms with Crippen LogP contribution >= 0.6 is 0 Å². The molecule has 2 heterocycles. The monoisotopic (exact) mass is 564 g/mol. The summed E-state index contributed by atoms with van der Waals surface area (Å²) < 4.78 is 84.7. The van der Waals surface area contributed by atoms with E-state index in [0.717, 1.165) is 18.6 Å². The number of hydrogen-bond donors (Lipinski definition) is 0. The van der Waals surface area contributed by atoms with Crippen molar-refractivity contribution in [2.75, 3.05) is 50.6 Å². The minimum Gasteiger partial charge on any atom is -0.497 e. The molecule has 4 rings (SSSR count). The molecule has 8 nitrogen and oxygen atoms in total. The number of anilines is 2. The summed E-state index contributed by atoms with van der Waals surface area (Å²) in [5, 5.41) is 0. The van der Waals surface area contributed by atoms with Crippen LogP contribution in [0, 0.1) is 24.5 Å². The molecule has 1 aliphatic heterocycles. The minimum absolute atomic E-state index is 0.00330. The first-order chi connectivity index (χ1) is 18.5. The molecule has 0 saturated carbocycles. The standard InChI is InChI=1S/C27H31F3N4O4S/c1-17-22(33-12-11-19(16-33)32(2)3)14-21(28)27(26(17)30)39(35,36)34(25-8-6-7-24(29)31-25)15-18-9-10-20(37-4)13-23(18)38-5/h6-10,13-14,19H,11-12,15-16H2,1-5H3/t19-/m1/s1. The second-order valence-electron chi connectivity index (χ2n) is 9.51. The average Bonchev–Trinajstić information content (AvgIpc) is 3.39. The molecule has 1 aliphatic rings. The lowest BCUT2D eigenvalue weighted by molar-refractivity contribution is 0.315. The van der Waals surface area contributed by atoms with E-state index in [4.69, 9.17) is 9.47 Å². The lowest BCUT2D eigenvalue weighted by Gasteiger charge is -2.27.